The van der Waals surface area contributed by atoms with Crippen LogP contribution in [-0.4, -0.2) is 65.3 Å². The van der Waals surface area contributed by atoms with Crippen LogP contribution < -0.4 is 5.32 Å². The molecule has 4 aromatic heterocycles. The van der Waals surface area contributed by atoms with Gasteiger partial charge in [0.15, 0.2) is 5.76 Å². The first-order valence-corrected chi connectivity index (χ1v) is 10.6. The third kappa shape index (κ3) is 3.79. The van der Waals surface area contributed by atoms with Crippen LogP contribution in [0, 0.1) is 0 Å². The minimum atomic E-state index is -3.75. The lowest BCUT2D eigenvalue weighted by Gasteiger charge is -2.22. The fourth-order valence-corrected chi connectivity index (χ4v) is 3.78. The maximum atomic E-state index is 14.5. The number of nitrogens with one attached hydrogen (secondary N) is 1. The number of nitrogens with zero attached hydrogens (tertiary/aromatic N) is 7. The predicted octanol–water partition coefficient (Wildman–Crippen LogP) is 2.45. The van der Waals surface area contributed by atoms with Gasteiger partial charge in [0.1, 0.15) is 5.69 Å². The average molecular weight is 482 g/mol. The molecule has 0 aromatic carbocycles. The maximum Gasteiger partial charge on any atom is 0.309 e. The summed E-state index contributed by atoms with van der Waals surface area (Å²) in [6.07, 6.45) is 5.05. The lowest BCUT2D eigenvalue weighted by atomic mass is 9.95. The quantitative estimate of drug-likeness (QED) is 0.425. The van der Waals surface area contributed by atoms with Gasteiger partial charge in [-0.05, 0) is 25.1 Å². The standard InChI is InChI=1S/C22H20F2N8O3/c1-3-32-11-13(10-26-32)27-20-25-8-7-16(29-20)14-5-4-6-15(28-14)17-9-18(35-30-17)22(34)19(33)31(2)12-21(22,23)24/h4-11,34H,3,12H2,1-2H3,(H,25,27,29). The van der Waals surface area contributed by atoms with E-state index in [1.807, 2.05) is 13.1 Å². The number of amides is 1. The van der Waals surface area contributed by atoms with Gasteiger partial charge in [0, 0.05) is 32.1 Å². The van der Waals surface area contributed by atoms with Gasteiger partial charge in [-0.2, -0.15) is 5.10 Å². The lowest BCUT2D eigenvalue weighted by Crippen LogP contribution is -2.46. The highest BCUT2D eigenvalue weighted by Crippen LogP contribution is 2.45. The molecule has 11 nitrogen and oxygen atoms in total. The van der Waals surface area contributed by atoms with Gasteiger partial charge >= 0.3 is 5.92 Å². The zero-order valence-corrected chi connectivity index (χ0v) is 18.7. The van der Waals surface area contributed by atoms with E-state index in [-0.39, 0.29) is 11.4 Å². The second-order valence-electron chi connectivity index (χ2n) is 8.04. The summed E-state index contributed by atoms with van der Waals surface area (Å²) in [5, 5.41) is 21.6. The van der Waals surface area contributed by atoms with Crippen LogP contribution in [-0.2, 0) is 16.9 Å². The lowest BCUT2D eigenvalue weighted by molar-refractivity contribution is -0.179. The third-order valence-corrected chi connectivity index (χ3v) is 5.63. The minimum Gasteiger partial charge on any atom is -0.368 e. The highest BCUT2D eigenvalue weighted by atomic mass is 19.3. The van der Waals surface area contributed by atoms with E-state index in [1.54, 1.807) is 41.3 Å². The van der Waals surface area contributed by atoms with Crippen molar-refractivity contribution in [2.24, 2.45) is 0 Å². The Hall–Kier alpha value is -4.26. The second-order valence-corrected chi connectivity index (χ2v) is 8.04. The fourth-order valence-electron chi connectivity index (χ4n) is 3.78. The molecule has 1 aliphatic rings. The van der Waals surface area contributed by atoms with Crippen LogP contribution in [0.15, 0.2) is 53.4 Å². The van der Waals surface area contributed by atoms with Gasteiger partial charge in [-0.15, -0.1) is 0 Å². The molecule has 180 valence electrons. The van der Waals surface area contributed by atoms with Gasteiger partial charge in [-0.3, -0.25) is 9.48 Å². The monoisotopic (exact) mass is 482 g/mol. The van der Waals surface area contributed by atoms with E-state index < -0.39 is 29.7 Å². The van der Waals surface area contributed by atoms with Crippen molar-refractivity contribution in [3.8, 4) is 22.8 Å². The number of carbonyl (C=O) groups excluding carboxylic acids is 1. The molecule has 0 aliphatic carbocycles. The van der Waals surface area contributed by atoms with Crippen molar-refractivity contribution in [2.75, 3.05) is 18.9 Å². The first-order chi connectivity index (χ1) is 16.7. The second kappa shape index (κ2) is 8.20. The first-order valence-electron chi connectivity index (χ1n) is 10.6. The van der Waals surface area contributed by atoms with Gasteiger partial charge in [0.25, 0.3) is 11.5 Å². The molecule has 1 unspecified atom stereocenters. The molecular weight excluding hydrogens is 462 g/mol. The SMILES string of the molecule is CCn1cc(Nc2nccc(-c3cccc(-c4cc(C5(O)C(=O)N(C)CC5(F)F)on4)n3)n2)cn1. The largest absolute Gasteiger partial charge is 0.368 e. The summed E-state index contributed by atoms with van der Waals surface area (Å²) in [5.74, 6) is -5.23. The number of hydrogen-bond acceptors (Lipinski definition) is 9. The smallest absolute Gasteiger partial charge is 0.309 e. The molecule has 0 spiro atoms. The molecule has 5 heterocycles. The summed E-state index contributed by atoms with van der Waals surface area (Å²) >= 11 is 0. The van der Waals surface area contributed by atoms with E-state index in [0.29, 0.717) is 17.3 Å². The Labute approximate surface area is 197 Å². The van der Waals surface area contributed by atoms with Gasteiger partial charge < -0.3 is 19.8 Å². The number of alkyl halides is 2. The van der Waals surface area contributed by atoms with Crippen molar-refractivity contribution < 1.29 is 23.2 Å². The molecule has 1 saturated heterocycles. The average Bonchev–Trinajstić information content (AvgIpc) is 3.56. The zero-order chi connectivity index (χ0) is 24.8. The number of halogens is 2. The molecule has 4 aromatic rings. The van der Waals surface area contributed by atoms with E-state index in [0.717, 1.165) is 23.2 Å². The molecule has 1 aliphatic heterocycles. The van der Waals surface area contributed by atoms with Crippen molar-refractivity contribution >= 4 is 17.5 Å². The van der Waals surface area contributed by atoms with Crippen molar-refractivity contribution in [3.05, 3.63) is 54.7 Å². The Morgan fingerprint density at radius 2 is 1.91 bits per heavy atom. The molecule has 0 saturated carbocycles. The van der Waals surface area contributed by atoms with Gasteiger partial charge in [0.2, 0.25) is 5.95 Å². The summed E-state index contributed by atoms with van der Waals surface area (Å²) in [6, 6.07) is 7.75. The van der Waals surface area contributed by atoms with Crippen LogP contribution in [0.1, 0.15) is 12.7 Å². The summed E-state index contributed by atoms with van der Waals surface area (Å²) < 4.78 is 35.7. The number of pyridine rings is 1. The topological polar surface area (TPSA) is 135 Å². The van der Waals surface area contributed by atoms with E-state index >= 15 is 0 Å². The van der Waals surface area contributed by atoms with Crippen LogP contribution in [0.3, 0.4) is 0 Å². The summed E-state index contributed by atoms with van der Waals surface area (Å²) in [4.78, 5) is 26.2. The number of aromatic nitrogens is 6. The van der Waals surface area contributed by atoms with E-state index in [4.69, 9.17) is 4.52 Å². The Balaban J connectivity index is 1.43. The fraction of sp³-hybridized carbons (Fsp3) is 0.273. The molecule has 13 heteroatoms. The number of likely N-dealkylation sites (tertiary alicyclic amines) is 1. The Kier molecular flexibility index (Phi) is 5.28. The highest BCUT2D eigenvalue weighted by Gasteiger charge is 2.68. The number of rotatable bonds is 6. The Morgan fingerprint density at radius 1 is 1.17 bits per heavy atom. The summed E-state index contributed by atoms with van der Waals surface area (Å²) in [5.41, 5.74) is -1.10. The molecule has 0 bridgehead atoms. The van der Waals surface area contributed by atoms with Crippen molar-refractivity contribution in [2.45, 2.75) is 25.0 Å². The molecule has 1 fully saturated rings. The third-order valence-electron chi connectivity index (χ3n) is 5.63. The molecule has 1 amide bonds. The number of aliphatic hydroxyl groups is 1. The normalized spacial score (nSPS) is 19.3. The van der Waals surface area contributed by atoms with Gasteiger partial charge in [-0.1, -0.05) is 11.2 Å². The molecule has 1 atom stereocenters. The van der Waals surface area contributed by atoms with Crippen LogP contribution in [0.2, 0.25) is 0 Å². The minimum absolute atomic E-state index is 0.0767. The van der Waals surface area contributed by atoms with Gasteiger partial charge in [-0.25, -0.2) is 23.7 Å². The van der Waals surface area contributed by atoms with Crippen molar-refractivity contribution in [1.82, 2.24) is 34.8 Å². The number of hydrogen-bond donors (Lipinski definition) is 2. The van der Waals surface area contributed by atoms with Crippen LogP contribution in [0.4, 0.5) is 20.4 Å². The highest BCUT2D eigenvalue weighted by molar-refractivity contribution is 5.89. The predicted molar refractivity (Wildman–Crippen MR) is 118 cm³/mol. The molecule has 5 rings (SSSR count). The maximum absolute atomic E-state index is 14.5. The summed E-state index contributed by atoms with van der Waals surface area (Å²) in [6.45, 7) is 1.76. The zero-order valence-electron chi connectivity index (χ0n) is 18.7. The molecule has 35 heavy (non-hydrogen) atoms. The number of likely N-dealkylation sites (N-methyl/N-ethyl adjacent to an activating group) is 1. The first kappa shape index (κ1) is 22.5. The van der Waals surface area contributed by atoms with Gasteiger partial charge in [0.05, 0.1) is 35.5 Å². The molecular formula is C22H20F2N8O3. The number of aryl methyl sites for hydroxylation is 1. The Morgan fingerprint density at radius 3 is 2.60 bits per heavy atom. The Bertz CT molecular complexity index is 1400. The van der Waals surface area contributed by atoms with E-state index in [9.17, 15) is 18.7 Å². The van der Waals surface area contributed by atoms with Crippen molar-refractivity contribution in [1.29, 1.82) is 0 Å². The van der Waals surface area contributed by atoms with E-state index in [1.165, 1.54) is 7.05 Å². The van der Waals surface area contributed by atoms with Crippen LogP contribution in [0.25, 0.3) is 22.8 Å². The number of anilines is 2. The van der Waals surface area contributed by atoms with Crippen LogP contribution in [0.5, 0.6) is 0 Å². The van der Waals surface area contributed by atoms with E-state index in [2.05, 4.69) is 30.5 Å². The number of carbonyl (C=O) groups is 1. The summed E-state index contributed by atoms with van der Waals surface area (Å²) in [7, 11) is 1.18. The van der Waals surface area contributed by atoms with Crippen molar-refractivity contribution in [3.63, 3.8) is 0 Å². The van der Waals surface area contributed by atoms with Crippen LogP contribution >= 0.6 is 0 Å². The molecule has 2 N–H and O–H groups in total. The molecule has 0 radical (unpaired) electrons.